The van der Waals surface area contributed by atoms with Crippen molar-refractivity contribution in [3.8, 4) is 17.6 Å². The fourth-order valence-electron chi connectivity index (χ4n) is 4.52. The first kappa shape index (κ1) is 29.3. The van der Waals surface area contributed by atoms with Gasteiger partial charge in [-0.25, -0.2) is 9.97 Å². The Morgan fingerprint density at radius 3 is 2.45 bits per heavy atom. The molecule has 0 atom stereocenters. The molecule has 5 rings (SSSR count). The van der Waals surface area contributed by atoms with Crippen molar-refractivity contribution in [2.24, 2.45) is 0 Å². The van der Waals surface area contributed by atoms with Crippen LogP contribution in [0.3, 0.4) is 0 Å². The zero-order chi connectivity index (χ0) is 29.9. The van der Waals surface area contributed by atoms with Crippen LogP contribution in [0.4, 0.5) is 30.5 Å². The summed E-state index contributed by atoms with van der Waals surface area (Å²) in [4.78, 5) is 25.3. The smallest absolute Gasteiger partial charge is 0.406 e. The van der Waals surface area contributed by atoms with E-state index in [4.69, 9.17) is 21.1 Å². The number of carbonyl (C=O) groups is 1. The molecule has 42 heavy (non-hydrogen) atoms. The summed E-state index contributed by atoms with van der Waals surface area (Å²) in [5.41, 5.74) is 1.05. The number of hydrogen-bond acceptors (Lipinski definition) is 8. The summed E-state index contributed by atoms with van der Waals surface area (Å²) < 4.78 is 52.4. The SMILES string of the molecule is CC(=O)N1CCN(c2nccc(COc3ccc(N(CC(F)(F)F)c4cc(Cl)c(OC5CC5)c(C#N)c4)cc3)n2)CC1. The highest BCUT2D eigenvalue weighted by Crippen LogP contribution is 2.40. The molecule has 1 saturated carbocycles. The van der Waals surface area contributed by atoms with Gasteiger partial charge in [0.15, 0.2) is 5.75 Å². The molecule has 1 saturated heterocycles. The molecule has 2 fully saturated rings. The van der Waals surface area contributed by atoms with E-state index in [1.54, 1.807) is 36.2 Å². The third-order valence-corrected chi connectivity index (χ3v) is 7.13. The lowest BCUT2D eigenvalue weighted by Gasteiger charge is -2.34. The molecule has 3 aromatic rings. The lowest BCUT2D eigenvalue weighted by molar-refractivity contribution is -0.129. The van der Waals surface area contributed by atoms with Gasteiger partial charge in [0.05, 0.1) is 22.4 Å². The van der Waals surface area contributed by atoms with Crippen molar-refractivity contribution in [3.63, 3.8) is 0 Å². The second-order valence-corrected chi connectivity index (χ2v) is 10.5. The molecule has 1 aliphatic carbocycles. The summed E-state index contributed by atoms with van der Waals surface area (Å²) in [6, 6.07) is 12.6. The van der Waals surface area contributed by atoms with Crippen LogP contribution in [0.25, 0.3) is 0 Å². The van der Waals surface area contributed by atoms with Gasteiger partial charge < -0.3 is 24.2 Å². The number of halogens is 4. The molecular weight excluding hydrogens is 573 g/mol. The van der Waals surface area contributed by atoms with Gasteiger partial charge in [-0.2, -0.15) is 18.4 Å². The van der Waals surface area contributed by atoms with Gasteiger partial charge in [0.25, 0.3) is 0 Å². The molecule has 13 heteroatoms. The van der Waals surface area contributed by atoms with E-state index < -0.39 is 12.7 Å². The van der Waals surface area contributed by atoms with Crippen LogP contribution >= 0.6 is 11.6 Å². The minimum atomic E-state index is -4.53. The van der Waals surface area contributed by atoms with E-state index >= 15 is 0 Å². The van der Waals surface area contributed by atoms with E-state index in [9.17, 15) is 23.2 Å². The highest BCUT2D eigenvalue weighted by atomic mass is 35.5. The molecule has 1 aliphatic heterocycles. The molecule has 1 aromatic heterocycles. The van der Waals surface area contributed by atoms with Gasteiger partial charge in [-0.05, 0) is 55.3 Å². The van der Waals surface area contributed by atoms with Crippen molar-refractivity contribution in [3.05, 3.63) is 64.9 Å². The predicted octanol–water partition coefficient (Wildman–Crippen LogP) is 5.49. The van der Waals surface area contributed by atoms with Gasteiger partial charge in [0.1, 0.15) is 25.0 Å². The number of nitrogens with zero attached hydrogens (tertiary/aromatic N) is 6. The Hall–Kier alpha value is -4.24. The highest BCUT2D eigenvalue weighted by Gasteiger charge is 2.33. The number of rotatable bonds is 9. The van der Waals surface area contributed by atoms with Crippen molar-refractivity contribution in [1.29, 1.82) is 5.26 Å². The number of anilines is 3. The van der Waals surface area contributed by atoms with E-state index in [1.807, 2.05) is 11.0 Å². The average Bonchev–Trinajstić information content (AvgIpc) is 3.80. The zero-order valence-electron chi connectivity index (χ0n) is 22.8. The molecule has 0 spiro atoms. The van der Waals surface area contributed by atoms with Crippen molar-refractivity contribution < 1.29 is 27.4 Å². The molecule has 0 bridgehead atoms. The molecule has 1 amide bonds. The highest BCUT2D eigenvalue weighted by molar-refractivity contribution is 6.32. The van der Waals surface area contributed by atoms with Crippen LogP contribution in [-0.4, -0.2) is 65.8 Å². The summed E-state index contributed by atoms with van der Waals surface area (Å²) in [5, 5.41) is 9.70. The Bertz CT molecular complexity index is 1470. The summed E-state index contributed by atoms with van der Waals surface area (Å²) in [6.07, 6.45) is -1.24. The second kappa shape index (κ2) is 12.3. The third kappa shape index (κ3) is 7.33. The van der Waals surface area contributed by atoms with Gasteiger partial charge in [0.2, 0.25) is 11.9 Å². The largest absolute Gasteiger partial charge is 0.487 e. The molecular formula is C29H28ClF3N6O3. The Kier molecular flexibility index (Phi) is 8.59. The van der Waals surface area contributed by atoms with Crippen molar-refractivity contribution in [2.75, 3.05) is 42.5 Å². The number of hydrogen-bond donors (Lipinski definition) is 0. The molecule has 0 N–H and O–H groups in total. The predicted molar refractivity (Wildman–Crippen MR) is 150 cm³/mol. The van der Waals surface area contributed by atoms with Crippen LogP contribution in [0, 0.1) is 11.3 Å². The number of nitriles is 1. The minimum absolute atomic E-state index is 0.0309. The van der Waals surface area contributed by atoms with Gasteiger partial charge in [-0.1, -0.05) is 11.6 Å². The van der Waals surface area contributed by atoms with E-state index in [0.717, 1.165) is 17.7 Å². The maximum atomic E-state index is 13.6. The van der Waals surface area contributed by atoms with Crippen molar-refractivity contribution in [1.82, 2.24) is 14.9 Å². The van der Waals surface area contributed by atoms with E-state index in [-0.39, 0.29) is 46.3 Å². The first-order chi connectivity index (χ1) is 20.1. The van der Waals surface area contributed by atoms with Crippen LogP contribution in [0.1, 0.15) is 31.0 Å². The molecule has 220 valence electrons. The van der Waals surface area contributed by atoms with Crippen LogP contribution in [0.5, 0.6) is 11.5 Å². The van der Waals surface area contributed by atoms with Gasteiger partial charge in [-0.3, -0.25) is 4.79 Å². The normalized spacial score (nSPS) is 15.2. The van der Waals surface area contributed by atoms with Gasteiger partial charge in [0, 0.05) is 50.7 Å². The fourth-order valence-corrected chi connectivity index (χ4v) is 4.78. The van der Waals surface area contributed by atoms with Gasteiger partial charge in [-0.15, -0.1) is 0 Å². The molecule has 0 radical (unpaired) electrons. The first-order valence-electron chi connectivity index (χ1n) is 13.4. The quantitative estimate of drug-likeness (QED) is 0.318. The van der Waals surface area contributed by atoms with Gasteiger partial charge >= 0.3 is 6.18 Å². The van der Waals surface area contributed by atoms with E-state index in [2.05, 4.69) is 9.97 Å². The van der Waals surface area contributed by atoms with Crippen LogP contribution in [0.15, 0.2) is 48.7 Å². The molecule has 2 aromatic carbocycles. The summed E-state index contributed by atoms with van der Waals surface area (Å²) in [6.45, 7) is 2.82. The number of amides is 1. The standard InChI is InChI=1S/C29H28ClF3N6O3/c1-19(40)37-10-12-38(13-11-37)28-35-9-8-21(36-28)17-41-24-4-2-22(3-5-24)39(18-29(31,32)33)23-14-20(16-34)27(26(30)15-23)42-25-6-7-25/h2-5,8-9,14-15,25H,6-7,10-13,17-18H2,1H3. The van der Waals surface area contributed by atoms with E-state index in [0.29, 0.717) is 43.6 Å². The lowest BCUT2D eigenvalue weighted by Crippen LogP contribution is -2.48. The number of alkyl halides is 3. The Labute approximate surface area is 246 Å². The summed E-state index contributed by atoms with van der Waals surface area (Å²) in [5.74, 6) is 1.20. The molecule has 2 heterocycles. The second-order valence-electron chi connectivity index (χ2n) is 10.1. The Morgan fingerprint density at radius 1 is 1.12 bits per heavy atom. The fraction of sp³-hybridized carbons (Fsp3) is 0.379. The maximum Gasteiger partial charge on any atom is 0.406 e. The summed E-state index contributed by atoms with van der Waals surface area (Å²) in [7, 11) is 0. The Balaban J connectivity index is 1.28. The van der Waals surface area contributed by atoms with Crippen LogP contribution < -0.4 is 19.3 Å². The number of benzene rings is 2. The zero-order valence-corrected chi connectivity index (χ0v) is 23.5. The summed E-state index contributed by atoms with van der Waals surface area (Å²) >= 11 is 6.36. The molecule has 0 unspecified atom stereocenters. The number of piperazine rings is 1. The van der Waals surface area contributed by atoms with Crippen molar-refractivity contribution >= 4 is 34.8 Å². The van der Waals surface area contributed by atoms with Crippen molar-refractivity contribution in [2.45, 2.75) is 38.7 Å². The van der Waals surface area contributed by atoms with E-state index in [1.165, 1.54) is 24.3 Å². The van der Waals surface area contributed by atoms with Crippen LogP contribution in [0.2, 0.25) is 5.02 Å². The monoisotopic (exact) mass is 600 g/mol. The van der Waals surface area contributed by atoms with Crippen LogP contribution in [-0.2, 0) is 11.4 Å². The number of aromatic nitrogens is 2. The lowest BCUT2D eigenvalue weighted by atomic mass is 10.1. The molecule has 2 aliphatic rings. The maximum absolute atomic E-state index is 13.6. The number of carbonyl (C=O) groups excluding carboxylic acids is 1. The molecule has 9 nitrogen and oxygen atoms in total. The minimum Gasteiger partial charge on any atom is -0.487 e. The topological polar surface area (TPSA) is 94.8 Å². The average molecular weight is 601 g/mol. The third-order valence-electron chi connectivity index (χ3n) is 6.85. The Morgan fingerprint density at radius 2 is 1.83 bits per heavy atom. The number of ether oxygens (including phenoxy) is 2. The first-order valence-corrected chi connectivity index (χ1v) is 13.8.